The van der Waals surface area contributed by atoms with Crippen LogP contribution in [0.1, 0.15) is 11.1 Å². The number of halogens is 1. The molecule has 0 unspecified atom stereocenters. The monoisotopic (exact) mass is 463 g/mol. The quantitative estimate of drug-likeness (QED) is 0.551. The zero-order chi connectivity index (χ0) is 22.3. The molecule has 1 fully saturated rings. The lowest BCUT2D eigenvalue weighted by Crippen LogP contribution is -2.29. The van der Waals surface area contributed by atoms with E-state index in [1.54, 1.807) is 54.0 Å². The number of aliphatic imine (C=N–C) groups is 1. The highest BCUT2D eigenvalue weighted by molar-refractivity contribution is 8.18. The van der Waals surface area contributed by atoms with Crippen molar-refractivity contribution in [3.63, 3.8) is 0 Å². The molecule has 1 aliphatic heterocycles. The molecule has 3 aromatic rings. The first-order valence-electron chi connectivity index (χ1n) is 9.69. The maximum atomic E-state index is 13.1. The van der Waals surface area contributed by atoms with Crippen LogP contribution >= 0.6 is 23.4 Å². The number of benzene rings is 1. The first-order chi connectivity index (χ1) is 15.6. The lowest BCUT2D eigenvalue weighted by atomic mass is 10.2. The van der Waals surface area contributed by atoms with Gasteiger partial charge in [0, 0.05) is 41.6 Å². The molecule has 9 heteroatoms. The SMILES string of the molecule is O=C(/C=C1/SC(=NCc2cccnc2)N(Cc2cccnc2)C1=O)Nc1ccc(Cl)cc1. The molecule has 160 valence electrons. The summed E-state index contributed by atoms with van der Waals surface area (Å²) in [7, 11) is 0. The minimum absolute atomic E-state index is 0.282. The van der Waals surface area contributed by atoms with Crippen molar-refractivity contribution in [2.24, 2.45) is 4.99 Å². The molecule has 1 N–H and O–H groups in total. The first kappa shape index (κ1) is 21.7. The van der Waals surface area contributed by atoms with Crippen LogP contribution in [0.5, 0.6) is 0 Å². The number of carbonyl (C=O) groups is 2. The molecular formula is C23H18ClN5O2S. The summed E-state index contributed by atoms with van der Waals surface area (Å²) >= 11 is 7.05. The molecule has 0 bridgehead atoms. The summed E-state index contributed by atoms with van der Waals surface area (Å²) in [6.45, 7) is 0.679. The number of anilines is 1. The summed E-state index contributed by atoms with van der Waals surface area (Å²) in [6.07, 6.45) is 8.09. The Labute approximate surface area is 194 Å². The molecule has 7 nitrogen and oxygen atoms in total. The van der Waals surface area contributed by atoms with E-state index in [1.807, 2.05) is 24.3 Å². The van der Waals surface area contributed by atoms with Gasteiger partial charge in [0.1, 0.15) is 0 Å². The van der Waals surface area contributed by atoms with E-state index < -0.39 is 5.91 Å². The molecular weight excluding hydrogens is 446 g/mol. The average molecular weight is 464 g/mol. The Hall–Kier alpha value is -3.49. The Bertz CT molecular complexity index is 1170. The third-order valence-corrected chi connectivity index (χ3v) is 5.74. The van der Waals surface area contributed by atoms with E-state index in [1.165, 1.54) is 17.8 Å². The molecule has 0 saturated carbocycles. The fourth-order valence-electron chi connectivity index (χ4n) is 2.92. The Balaban J connectivity index is 1.55. The van der Waals surface area contributed by atoms with Crippen molar-refractivity contribution in [1.82, 2.24) is 14.9 Å². The standard InChI is InChI=1S/C23H18ClN5O2S/c24-18-5-7-19(8-6-18)28-21(30)11-20-22(31)29(15-17-4-2-10-26-13-17)23(32-20)27-14-16-3-1-9-25-12-16/h1-13H,14-15H2,(H,28,30)/b20-11+,27-23?. The predicted octanol–water partition coefficient (Wildman–Crippen LogP) is 4.28. The van der Waals surface area contributed by atoms with Crippen molar-refractivity contribution in [3.8, 4) is 0 Å². The molecule has 0 radical (unpaired) electrons. The Morgan fingerprint density at radius 2 is 1.75 bits per heavy atom. The number of pyridine rings is 2. The van der Waals surface area contributed by atoms with Crippen molar-refractivity contribution in [2.45, 2.75) is 13.1 Å². The van der Waals surface area contributed by atoms with Crippen molar-refractivity contribution in [1.29, 1.82) is 0 Å². The summed E-state index contributed by atoms with van der Waals surface area (Å²) in [5, 5.41) is 3.83. The molecule has 0 aliphatic carbocycles. The summed E-state index contributed by atoms with van der Waals surface area (Å²) in [6, 6.07) is 14.2. The molecule has 2 amide bonds. The highest BCUT2D eigenvalue weighted by Crippen LogP contribution is 2.32. The first-order valence-corrected chi connectivity index (χ1v) is 10.9. The van der Waals surface area contributed by atoms with E-state index >= 15 is 0 Å². The fourth-order valence-corrected chi connectivity index (χ4v) is 3.99. The van der Waals surface area contributed by atoms with Crippen molar-refractivity contribution < 1.29 is 9.59 Å². The van der Waals surface area contributed by atoms with E-state index in [4.69, 9.17) is 11.6 Å². The fraction of sp³-hybridized carbons (Fsp3) is 0.0870. The number of carbonyl (C=O) groups excluding carboxylic acids is 2. The van der Waals surface area contributed by atoms with E-state index in [0.29, 0.717) is 33.9 Å². The maximum Gasteiger partial charge on any atom is 0.267 e. The van der Waals surface area contributed by atoms with E-state index in [-0.39, 0.29) is 5.91 Å². The topological polar surface area (TPSA) is 87.6 Å². The van der Waals surface area contributed by atoms with Gasteiger partial charge in [0.2, 0.25) is 5.91 Å². The van der Waals surface area contributed by atoms with Crippen LogP contribution in [0.2, 0.25) is 5.02 Å². The second-order valence-corrected chi connectivity index (χ2v) is 8.26. The normalized spacial score (nSPS) is 16.0. The number of amides is 2. The third-order valence-electron chi connectivity index (χ3n) is 4.45. The van der Waals surface area contributed by atoms with Crippen LogP contribution < -0.4 is 5.32 Å². The molecule has 4 rings (SSSR count). The van der Waals surface area contributed by atoms with Crippen LogP contribution in [0.15, 0.2) is 89.3 Å². The molecule has 32 heavy (non-hydrogen) atoms. The number of thioether (sulfide) groups is 1. The zero-order valence-electron chi connectivity index (χ0n) is 16.8. The van der Waals surface area contributed by atoms with Crippen molar-refractivity contribution >= 4 is 46.0 Å². The predicted molar refractivity (Wildman–Crippen MR) is 126 cm³/mol. The van der Waals surface area contributed by atoms with Gasteiger partial charge in [0.05, 0.1) is 18.0 Å². The Morgan fingerprint density at radius 1 is 1.06 bits per heavy atom. The lowest BCUT2D eigenvalue weighted by molar-refractivity contribution is -0.123. The zero-order valence-corrected chi connectivity index (χ0v) is 18.4. The molecule has 1 aromatic carbocycles. The Kier molecular flexibility index (Phi) is 6.94. The number of amidine groups is 1. The molecule has 3 heterocycles. The number of nitrogens with one attached hydrogen (secondary N) is 1. The summed E-state index contributed by atoms with van der Waals surface area (Å²) in [5.74, 6) is -0.687. The van der Waals surface area contributed by atoms with Crippen LogP contribution in [0.25, 0.3) is 0 Å². The van der Waals surface area contributed by atoms with Gasteiger partial charge < -0.3 is 5.32 Å². The van der Waals surface area contributed by atoms with Gasteiger partial charge in [0.25, 0.3) is 5.91 Å². The highest BCUT2D eigenvalue weighted by atomic mass is 35.5. The minimum Gasteiger partial charge on any atom is -0.322 e. The molecule has 2 aromatic heterocycles. The van der Waals surface area contributed by atoms with Gasteiger partial charge in [-0.25, -0.2) is 0 Å². The van der Waals surface area contributed by atoms with Gasteiger partial charge in [-0.05, 0) is 59.3 Å². The molecule has 1 saturated heterocycles. The van der Waals surface area contributed by atoms with Crippen LogP contribution in [0.4, 0.5) is 5.69 Å². The molecule has 1 aliphatic rings. The number of hydrogen-bond donors (Lipinski definition) is 1. The van der Waals surface area contributed by atoms with Crippen molar-refractivity contribution in [3.05, 3.63) is 100 Å². The van der Waals surface area contributed by atoms with E-state index in [0.717, 1.165) is 11.1 Å². The smallest absolute Gasteiger partial charge is 0.267 e. The lowest BCUT2D eigenvalue weighted by Gasteiger charge is -2.15. The van der Waals surface area contributed by atoms with Crippen LogP contribution in [-0.2, 0) is 22.7 Å². The Morgan fingerprint density at radius 3 is 2.41 bits per heavy atom. The average Bonchev–Trinajstić information content (AvgIpc) is 3.09. The van der Waals surface area contributed by atoms with Gasteiger partial charge in [-0.15, -0.1) is 0 Å². The minimum atomic E-state index is -0.405. The number of nitrogens with zero attached hydrogens (tertiary/aromatic N) is 4. The van der Waals surface area contributed by atoms with Gasteiger partial charge in [-0.3, -0.25) is 29.4 Å². The van der Waals surface area contributed by atoms with Crippen LogP contribution in [0, 0.1) is 0 Å². The molecule has 0 spiro atoms. The third kappa shape index (κ3) is 5.60. The van der Waals surface area contributed by atoms with Gasteiger partial charge >= 0.3 is 0 Å². The van der Waals surface area contributed by atoms with E-state index in [2.05, 4.69) is 20.3 Å². The molecule has 0 atom stereocenters. The van der Waals surface area contributed by atoms with Crippen LogP contribution in [-0.4, -0.2) is 31.8 Å². The summed E-state index contributed by atoms with van der Waals surface area (Å²) in [5.41, 5.74) is 2.37. The van der Waals surface area contributed by atoms with Gasteiger partial charge in [0.15, 0.2) is 5.17 Å². The van der Waals surface area contributed by atoms with Crippen LogP contribution in [0.3, 0.4) is 0 Å². The maximum absolute atomic E-state index is 13.1. The van der Waals surface area contributed by atoms with Crippen molar-refractivity contribution in [2.75, 3.05) is 5.32 Å². The number of hydrogen-bond acceptors (Lipinski definition) is 6. The van der Waals surface area contributed by atoms with Gasteiger partial charge in [-0.2, -0.15) is 0 Å². The van der Waals surface area contributed by atoms with E-state index in [9.17, 15) is 9.59 Å². The largest absolute Gasteiger partial charge is 0.322 e. The number of aromatic nitrogens is 2. The second-order valence-electron chi connectivity index (χ2n) is 6.82. The number of rotatable bonds is 6. The van der Waals surface area contributed by atoms with Gasteiger partial charge in [-0.1, -0.05) is 23.7 Å². The second kappa shape index (κ2) is 10.2. The highest BCUT2D eigenvalue weighted by Gasteiger charge is 2.34. The summed E-state index contributed by atoms with van der Waals surface area (Å²) in [4.78, 5) is 40.2. The summed E-state index contributed by atoms with van der Waals surface area (Å²) < 4.78 is 0.